The van der Waals surface area contributed by atoms with Crippen LogP contribution in [-0.2, 0) is 4.74 Å². The molecule has 2 N–H and O–H groups in total. The first-order valence-corrected chi connectivity index (χ1v) is 6.99. The molecule has 1 aromatic heterocycles. The molecule has 0 saturated heterocycles. The molecule has 3 nitrogen and oxygen atoms in total. The SMILES string of the molecule is COC1(CC(N)c2cc3cc(Cl)ccc3o2)CCC1. The molecule has 1 atom stereocenters. The topological polar surface area (TPSA) is 48.4 Å². The maximum absolute atomic E-state index is 6.26. The fraction of sp³-hybridized carbons (Fsp3) is 0.467. The highest BCUT2D eigenvalue weighted by atomic mass is 35.5. The summed E-state index contributed by atoms with van der Waals surface area (Å²) in [6.45, 7) is 0. The molecule has 0 spiro atoms. The third-order valence-electron chi connectivity index (χ3n) is 4.15. The summed E-state index contributed by atoms with van der Waals surface area (Å²) in [5, 5.41) is 1.71. The molecule has 0 amide bonds. The van der Waals surface area contributed by atoms with Gasteiger partial charge in [0.25, 0.3) is 0 Å². The molecular formula is C15H18ClNO2. The van der Waals surface area contributed by atoms with Gasteiger partial charge in [0.15, 0.2) is 0 Å². The summed E-state index contributed by atoms with van der Waals surface area (Å²) in [7, 11) is 1.77. The highest BCUT2D eigenvalue weighted by Gasteiger charge is 2.39. The third-order valence-corrected chi connectivity index (χ3v) is 4.39. The Labute approximate surface area is 117 Å². The predicted octanol–water partition coefficient (Wildman–Crippen LogP) is 4.05. The quantitative estimate of drug-likeness (QED) is 0.919. The summed E-state index contributed by atoms with van der Waals surface area (Å²) < 4.78 is 11.4. The predicted molar refractivity (Wildman–Crippen MR) is 76.4 cm³/mol. The van der Waals surface area contributed by atoms with E-state index in [-0.39, 0.29) is 11.6 Å². The first-order valence-electron chi connectivity index (χ1n) is 6.62. The van der Waals surface area contributed by atoms with Gasteiger partial charge in [0.2, 0.25) is 0 Å². The molecule has 1 aliphatic rings. The third kappa shape index (κ3) is 2.38. The van der Waals surface area contributed by atoms with E-state index in [0.29, 0.717) is 5.02 Å². The van der Waals surface area contributed by atoms with E-state index in [1.165, 1.54) is 6.42 Å². The summed E-state index contributed by atoms with van der Waals surface area (Å²) >= 11 is 5.98. The van der Waals surface area contributed by atoms with E-state index in [1.54, 1.807) is 7.11 Å². The Balaban J connectivity index is 1.83. The molecule has 1 aromatic carbocycles. The van der Waals surface area contributed by atoms with Gasteiger partial charge >= 0.3 is 0 Å². The molecule has 1 unspecified atom stereocenters. The lowest BCUT2D eigenvalue weighted by Crippen LogP contribution is -2.41. The number of ether oxygens (including phenoxy) is 1. The van der Waals surface area contributed by atoms with Crippen molar-refractivity contribution in [3.8, 4) is 0 Å². The Hall–Kier alpha value is -1.03. The fourth-order valence-electron chi connectivity index (χ4n) is 2.78. The molecule has 1 fully saturated rings. The van der Waals surface area contributed by atoms with Crippen LogP contribution in [0, 0.1) is 0 Å². The van der Waals surface area contributed by atoms with E-state index >= 15 is 0 Å². The van der Waals surface area contributed by atoms with Crippen LogP contribution in [-0.4, -0.2) is 12.7 Å². The number of benzene rings is 1. The Morgan fingerprint density at radius 3 is 2.84 bits per heavy atom. The minimum atomic E-state index is -0.133. The van der Waals surface area contributed by atoms with E-state index in [9.17, 15) is 0 Å². The van der Waals surface area contributed by atoms with Crippen LogP contribution in [0.25, 0.3) is 11.0 Å². The summed E-state index contributed by atoms with van der Waals surface area (Å²) in [6, 6.07) is 7.44. The molecular weight excluding hydrogens is 262 g/mol. The van der Waals surface area contributed by atoms with Crippen LogP contribution in [0.2, 0.25) is 5.02 Å². The van der Waals surface area contributed by atoms with Gasteiger partial charge in [-0.2, -0.15) is 0 Å². The van der Waals surface area contributed by atoms with Crippen molar-refractivity contribution < 1.29 is 9.15 Å². The minimum Gasteiger partial charge on any atom is -0.459 e. The van der Waals surface area contributed by atoms with Crippen LogP contribution in [0.1, 0.15) is 37.5 Å². The number of fused-ring (bicyclic) bond motifs is 1. The fourth-order valence-corrected chi connectivity index (χ4v) is 2.96. The van der Waals surface area contributed by atoms with E-state index in [2.05, 4.69) is 0 Å². The van der Waals surface area contributed by atoms with Crippen LogP contribution < -0.4 is 5.73 Å². The molecule has 1 saturated carbocycles. The molecule has 4 heteroatoms. The second-order valence-electron chi connectivity index (χ2n) is 5.38. The average Bonchev–Trinajstić information content (AvgIpc) is 2.76. The van der Waals surface area contributed by atoms with Crippen molar-refractivity contribution in [1.29, 1.82) is 0 Å². The van der Waals surface area contributed by atoms with Gasteiger partial charge in [0.1, 0.15) is 11.3 Å². The van der Waals surface area contributed by atoms with E-state index in [4.69, 9.17) is 26.5 Å². The second-order valence-corrected chi connectivity index (χ2v) is 5.82. The van der Waals surface area contributed by atoms with E-state index < -0.39 is 0 Å². The van der Waals surface area contributed by atoms with Crippen molar-refractivity contribution in [3.05, 3.63) is 35.0 Å². The van der Waals surface area contributed by atoms with Gasteiger partial charge < -0.3 is 14.9 Å². The second kappa shape index (κ2) is 4.82. The molecule has 1 aliphatic carbocycles. The summed E-state index contributed by atoms with van der Waals surface area (Å²) in [6.07, 6.45) is 4.19. The van der Waals surface area contributed by atoms with Gasteiger partial charge in [-0.3, -0.25) is 0 Å². The molecule has 1 heterocycles. The van der Waals surface area contributed by atoms with Crippen molar-refractivity contribution in [3.63, 3.8) is 0 Å². The Kier molecular flexibility index (Phi) is 3.29. The zero-order valence-electron chi connectivity index (χ0n) is 11.0. The molecule has 0 bridgehead atoms. The van der Waals surface area contributed by atoms with Crippen LogP contribution >= 0.6 is 11.6 Å². The largest absolute Gasteiger partial charge is 0.459 e. The lowest BCUT2D eigenvalue weighted by atomic mass is 9.75. The van der Waals surface area contributed by atoms with Crippen molar-refractivity contribution in [2.75, 3.05) is 7.11 Å². The van der Waals surface area contributed by atoms with Crippen LogP contribution in [0.4, 0.5) is 0 Å². The maximum Gasteiger partial charge on any atom is 0.134 e. The minimum absolute atomic E-state index is 0.0456. The van der Waals surface area contributed by atoms with Gasteiger partial charge in [-0.25, -0.2) is 0 Å². The lowest BCUT2D eigenvalue weighted by Gasteiger charge is -2.41. The molecule has 3 rings (SSSR count). The molecule has 2 aromatic rings. The summed E-state index contributed by atoms with van der Waals surface area (Å²) in [4.78, 5) is 0. The number of nitrogens with two attached hydrogens (primary N) is 1. The monoisotopic (exact) mass is 279 g/mol. The average molecular weight is 280 g/mol. The van der Waals surface area contributed by atoms with Gasteiger partial charge in [0, 0.05) is 17.5 Å². The van der Waals surface area contributed by atoms with Crippen molar-refractivity contribution in [1.82, 2.24) is 0 Å². The number of methoxy groups -OCH3 is 1. The Morgan fingerprint density at radius 2 is 2.21 bits per heavy atom. The highest BCUT2D eigenvalue weighted by molar-refractivity contribution is 6.31. The molecule has 102 valence electrons. The smallest absolute Gasteiger partial charge is 0.134 e. The van der Waals surface area contributed by atoms with Gasteiger partial charge in [-0.15, -0.1) is 0 Å². The highest BCUT2D eigenvalue weighted by Crippen LogP contribution is 2.41. The van der Waals surface area contributed by atoms with Gasteiger partial charge in [-0.1, -0.05) is 11.6 Å². The lowest BCUT2D eigenvalue weighted by molar-refractivity contribution is -0.0825. The zero-order valence-corrected chi connectivity index (χ0v) is 11.7. The number of furan rings is 1. The zero-order chi connectivity index (χ0) is 13.5. The number of halogens is 1. The van der Waals surface area contributed by atoms with E-state index in [1.807, 2.05) is 24.3 Å². The van der Waals surface area contributed by atoms with Crippen molar-refractivity contribution >= 4 is 22.6 Å². The number of rotatable bonds is 4. The molecule has 0 radical (unpaired) electrons. The molecule has 19 heavy (non-hydrogen) atoms. The summed E-state index contributed by atoms with van der Waals surface area (Å²) in [5.74, 6) is 0.806. The van der Waals surface area contributed by atoms with Gasteiger partial charge in [0.05, 0.1) is 11.6 Å². The van der Waals surface area contributed by atoms with Gasteiger partial charge in [-0.05, 0) is 49.9 Å². The first kappa shape index (κ1) is 13.0. The summed E-state index contributed by atoms with van der Waals surface area (Å²) in [5.41, 5.74) is 7.04. The van der Waals surface area contributed by atoms with Crippen molar-refractivity contribution in [2.24, 2.45) is 5.73 Å². The standard InChI is InChI=1S/C15H18ClNO2/c1-18-15(5-2-6-15)9-12(17)14-8-10-7-11(16)3-4-13(10)19-14/h3-4,7-8,12H,2,5-6,9,17H2,1H3. The molecule has 0 aliphatic heterocycles. The Bertz CT molecular complexity index is 583. The Morgan fingerprint density at radius 1 is 1.42 bits per heavy atom. The van der Waals surface area contributed by atoms with Crippen molar-refractivity contribution in [2.45, 2.75) is 37.3 Å². The maximum atomic E-state index is 6.26. The number of hydrogen-bond acceptors (Lipinski definition) is 3. The van der Waals surface area contributed by atoms with E-state index in [0.717, 1.165) is 36.0 Å². The number of hydrogen-bond donors (Lipinski definition) is 1. The van der Waals surface area contributed by atoms with Crippen LogP contribution in [0.3, 0.4) is 0 Å². The van der Waals surface area contributed by atoms with Crippen LogP contribution in [0.15, 0.2) is 28.7 Å². The normalized spacial score (nSPS) is 19.3. The van der Waals surface area contributed by atoms with Crippen LogP contribution in [0.5, 0.6) is 0 Å². The first-order chi connectivity index (χ1) is 9.12.